The van der Waals surface area contributed by atoms with Crippen LogP contribution in [0.4, 0.5) is 0 Å². The van der Waals surface area contributed by atoms with E-state index in [0.717, 1.165) is 59.9 Å². The van der Waals surface area contributed by atoms with Crippen LogP contribution < -0.4 is 4.74 Å². The number of carbonyl (C=O) groups is 2. The topological polar surface area (TPSA) is 97.6 Å². The lowest BCUT2D eigenvalue weighted by Gasteiger charge is -2.34. The zero-order valence-corrected chi connectivity index (χ0v) is 20.4. The number of nitrogens with zero attached hydrogens (tertiary/aromatic N) is 4. The van der Waals surface area contributed by atoms with E-state index in [4.69, 9.17) is 4.74 Å². The minimum absolute atomic E-state index is 0.0455. The molecule has 1 aliphatic carbocycles. The van der Waals surface area contributed by atoms with Crippen LogP contribution in [-0.2, 0) is 29.6 Å². The van der Waals surface area contributed by atoms with Crippen molar-refractivity contribution in [2.24, 2.45) is 13.0 Å². The number of rotatable bonds is 6. The van der Waals surface area contributed by atoms with Crippen LogP contribution in [0.1, 0.15) is 66.7 Å². The average molecular weight is 477 g/mol. The van der Waals surface area contributed by atoms with Gasteiger partial charge in [0.25, 0.3) is 0 Å². The number of carboxylic acid groups (broad SMARTS) is 1. The predicted molar refractivity (Wildman–Crippen MR) is 131 cm³/mol. The number of ether oxygens (including phenoxy) is 1. The second-order valence-electron chi connectivity index (χ2n) is 9.78. The Balaban J connectivity index is 1.50. The number of hydrogen-bond acceptors (Lipinski definition) is 5. The van der Waals surface area contributed by atoms with Crippen molar-refractivity contribution in [1.82, 2.24) is 19.9 Å². The fraction of sp³-hybridized carbons (Fsp3) is 0.481. The molecule has 1 fully saturated rings. The Labute approximate surface area is 204 Å². The summed E-state index contributed by atoms with van der Waals surface area (Å²) in [6.07, 6.45) is 6.18. The van der Waals surface area contributed by atoms with E-state index >= 15 is 0 Å². The Morgan fingerprint density at radius 2 is 2.00 bits per heavy atom. The number of carboxylic acids is 1. The zero-order valence-electron chi connectivity index (χ0n) is 20.4. The first-order valence-electron chi connectivity index (χ1n) is 12.4. The average Bonchev–Trinajstić information content (AvgIpc) is 3.26. The van der Waals surface area contributed by atoms with Gasteiger partial charge in [0.1, 0.15) is 16.8 Å². The maximum absolute atomic E-state index is 13.2. The Morgan fingerprint density at radius 1 is 1.20 bits per heavy atom. The molecule has 1 aliphatic heterocycles. The molecule has 3 aromatic rings. The van der Waals surface area contributed by atoms with E-state index in [2.05, 4.69) is 16.4 Å². The smallest absolute Gasteiger partial charge is 0.304 e. The number of aryl methyl sites for hydroxylation is 1. The summed E-state index contributed by atoms with van der Waals surface area (Å²) in [6, 6.07) is 9.90. The van der Waals surface area contributed by atoms with Crippen molar-refractivity contribution in [3.63, 3.8) is 0 Å². The van der Waals surface area contributed by atoms with Crippen LogP contribution in [0.25, 0.3) is 11.0 Å². The molecule has 2 heterocycles. The SMILES string of the molecule is COc1cc(C(CC(=O)O)c2cccc3c2CCN(C(=O)C2CCCCC2)C3)cc2nnn(C)c12. The molecule has 1 saturated carbocycles. The van der Waals surface area contributed by atoms with E-state index < -0.39 is 5.97 Å². The molecule has 0 bridgehead atoms. The Morgan fingerprint density at radius 3 is 2.74 bits per heavy atom. The van der Waals surface area contributed by atoms with Gasteiger partial charge in [-0.05, 0) is 53.6 Å². The third kappa shape index (κ3) is 4.49. The summed E-state index contributed by atoms with van der Waals surface area (Å²) in [6.45, 7) is 1.26. The van der Waals surface area contributed by atoms with E-state index in [1.54, 1.807) is 18.8 Å². The zero-order chi connectivity index (χ0) is 24.5. The first-order valence-corrected chi connectivity index (χ1v) is 12.4. The monoisotopic (exact) mass is 476 g/mol. The first kappa shape index (κ1) is 23.3. The highest BCUT2D eigenvalue weighted by Gasteiger charge is 2.31. The summed E-state index contributed by atoms with van der Waals surface area (Å²) < 4.78 is 7.28. The van der Waals surface area contributed by atoms with Crippen molar-refractivity contribution in [2.45, 2.75) is 57.4 Å². The third-order valence-corrected chi connectivity index (χ3v) is 7.63. The summed E-state index contributed by atoms with van der Waals surface area (Å²) in [4.78, 5) is 27.1. The van der Waals surface area contributed by atoms with Crippen LogP contribution in [0.2, 0.25) is 0 Å². The highest BCUT2D eigenvalue weighted by molar-refractivity contribution is 5.83. The number of amides is 1. The van der Waals surface area contributed by atoms with Crippen LogP contribution in [-0.4, -0.2) is 50.5 Å². The highest BCUT2D eigenvalue weighted by Crippen LogP contribution is 2.38. The molecule has 8 heteroatoms. The molecule has 5 rings (SSSR count). The Bertz CT molecular complexity index is 1260. The van der Waals surface area contributed by atoms with Crippen LogP contribution in [0.5, 0.6) is 5.75 Å². The van der Waals surface area contributed by atoms with Crippen molar-refractivity contribution in [2.75, 3.05) is 13.7 Å². The molecule has 0 saturated heterocycles. The number of fused-ring (bicyclic) bond motifs is 2. The van der Waals surface area contributed by atoms with Gasteiger partial charge in [-0.15, -0.1) is 5.10 Å². The van der Waals surface area contributed by atoms with Gasteiger partial charge in [0.2, 0.25) is 5.91 Å². The van der Waals surface area contributed by atoms with Gasteiger partial charge >= 0.3 is 5.97 Å². The molecule has 184 valence electrons. The van der Waals surface area contributed by atoms with Crippen LogP contribution >= 0.6 is 0 Å². The fourth-order valence-corrected chi connectivity index (χ4v) is 5.88. The molecule has 0 radical (unpaired) electrons. The lowest BCUT2D eigenvalue weighted by Crippen LogP contribution is -2.40. The predicted octanol–water partition coefficient (Wildman–Crippen LogP) is 4.05. The van der Waals surface area contributed by atoms with E-state index in [1.165, 1.54) is 6.42 Å². The van der Waals surface area contributed by atoms with Gasteiger partial charge in [0.05, 0.1) is 13.5 Å². The molecule has 1 aromatic heterocycles. The van der Waals surface area contributed by atoms with Crippen molar-refractivity contribution in [1.29, 1.82) is 0 Å². The number of aromatic nitrogens is 3. The van der Waals surface area contributed by atoms with Gasteiger partial charge in [-0.2, -0.15) is 0 Å². The lowest BCUT2D eigenvalue weighted by molar-refractivity contribution is -0.138. The van der Waals surface area contributed by atoms with E-state index in [0.29, 0.717) is 24.4 Å². The molecule has 1 unspecified atom stereocenters. The van der Waals surface area contributed by atoms with E-state index in [9.17, 15) is 14.7 Å². The number of carbonyl (C=O) groups excluding carboxylic acids is 1. The summed E-state index contributed by atoms with van der Waals surface area (Å²) in [5.74, 6) is -0.173. The van der Waals surface area contributed by atoms with Crippen molar-refractivity contribution in [3.05, 3.63) is 52.6 Å². The van der Waals surface area contributed by atoms with Crippen molar-refractivity contribution < 1.29 is 19.4 Å². The summed E-state index contributed by atoms with van der Waals surface area (Å²) in [5, 5.41) is 18.1. The van der Waals surface area contributed by atoms with Crippen LogP contribution in [0, 0.1) is 5.92 Å². The minimum atomic E-state index is -0.865. The first-order chi connectivity index (χ1) is 17.0. The highest BCUT2D eigenvalue weighted by atomic mass is 16.5. The van der Waals surface area contributed by atoms with Gasteiger partial charge in [0, 0.05) is 32.0 Å². The Kier molecular flexibility index (Phi) is 6.45. The number of methoxy groups -OCH3 is 1. The lowest BCUT2D eigenvalue weighted by atomic mass is 9.81. The minimum Gasteiger partial charge on any atom is -0.494 e. The van der Waals surface area contributed by atoms with Gasteiger partial charge in [0.15, 0.2) is 0 Å². The second kappa shape index (κ2) is 9.68. The van der Waals surface area contributed by atoms with Crippen LogP contribution in [0.15, 0.2) is 30.3 Å². The Hall–Kier alpha value is -3.42. The number of hydrogen-bond donors (Lipinski definition) is 1. The molecule has 8 nitrogen and oxygen atoms in total. The quantitative estimate of drug-likeness (QED) is 0.577. The van der Waals surface area contributed by atoms with Gasteiger partial charge in [-0.25, -0.2) is 4.68 Å². The van der Waals surface area contributed by atoms with Crippen molar-refractivity contribution in [3.8, 4) is 5.75 Å². The van der Waals surface area contributed by atoms with Gasteiger partial charge < -0.3 is 14.7 Å². The number of aliphatic carboxylic acids is 1. The molecule has 2 aliphatic rings. The molecular weight excluding hydrogens is 444 g/mol. The largest absolute Gasteiger partial charge is 0.494 e. The normalized spacial score (nSPS) is 17.3. The molecular formula is C27H32N4O4. The maximum Gasteiger partial charge on any atom is 0.304 e. The van der Waals surface area contributed by atoms with Gasteiger partial charge in [-0.3, -0.25) is 9.59 Å². The molecule has 1 amide bonds. The summed E-state index contributed by atoms with van der Waals surface area (Å²) in [5.41, 5.74) is 5.56. The van der Waals surface area contributed by atoms with Crippen LogP contribution in [0.3, 0.4) is 0 Å². The summed E-state index contributed by atoms with van der Waals surface area (Å²) >= 11 is 0. The third-order valence-electron chi connectivity index (χ3n) is 7.63. The van der Waals surface area contributed by atoms with Gasteiger partial charge in [-0.1, -0.05) is 42.7 Å². The summed E-state index contributed by atoms with van der Waals surface area (Å²) in [7, 11) is 3.40. The second-order valence-corrected chi connectivity index (χ2v) is 9.78. The van der Waals surface area contributed by atoms with E-state index in [1.807, 2.05) is 29.2 Å². The number of benzene rings is 2. The molecule has 35 heavy (non-hydrogen) atoms. The maximum atomic E-state index is 13.2. The molecule has 1 atom stereocenters. The molecule has 1 N–H and O–H groups in total. The molecule has 2 aromatic carbocycles. The molecule has 0 spiro atoms. The van der Waals surface area contributed by atoms with E-state index in [-0.39, 0.29) is 24.2 Å². The standard InChI is InChI=1S/C27H32N4O4/c1-30-26-23(28-29-30)13-19(14-24(26)35-2)22(15-25(32)33)21-10-6-9-18-16-31(12-11-20(18)21)27(34)17-7-4-3-5-8-17/h6,9-10,13-14,17,22H,3-5,7-8,11-12,15-16H2,1-2H3,(H,32,33). The van der Waals surface area contributed by atoms with Crippen molar-refractivity contribution >= 4 is 22.9 Å². The fourth-order valence-electron chi connectivity index (χ4n) is 5.88.